The summed E-state index contributed by atoms with van der Waals surface area (Å²) in [6.07, 6.45) is -0.489. The summed E-state index contributed by atoms with van der Waals surface area (Å²) in [6, 6.07) is 21.7. The molecule has 46 heavy (non-hydrogen) atoms. The number of hydrogen-bond donors (Lipinski definition) is 0. The van der Waals surface area contributed by atoms with Crippen LogP contribution in [0.4, 0.5) is 0 Å². The second-order valence-corrected chi connectivity index (χ2v) is 11.1. The highest BCUT2D eigenvalue weighted by Gasteiger charge is 2.17. The van der Waals surface area contributed by atoms with Crippen molar-refractivity contribution in [3.05, 3.63) is 181 Å². The normalized spacial score (nSPS) is 15.5. The van der Waals surface area contributed by atoms with Gasteiger partial charge in [0.15, 0.2) is 0 Å². The zero-order valence-electron chi connectivity index (χ0n) is 37.3. The van der Waals surface area contributed by atoms with Crippen molar-refractivity contribution in [2.45, 2.75) is 6.42 Å². The van der Waals surface area contributed by atoms with Gasteiger partial charge in [0.2, 0.25) is 0 Å². The SMILES string of the molecule is [2H]c1c([2H])c([2H])c(Cc2c3c([2H])c([2H])c([2H])c([2H])c3c(-c3cccc(-c4ccc5oc6cccc(-c7ccccc7)c6c5c4)c3)c3c([2H])c([2H])c([2H])c([2H])c23)c([2H])c1[2H]. The standard InChI is InChI=1S/C45H30O/c1-3-13-30(14-4-1)27-40-36-19-7-9-21-38(36)44(39-22-10-8-20-37(39)40)34-18-11-17-32(28-34)33-25-26-42-41(29-33)45-35(23-12-24-43(45)46-42)31-15-5-2-6-16-31/h1-26,28-29H,27H2/i1D,3D,4D,7D,8D,9D,10D,13D,14D,19D,20D,21D,22D. The lowest BCUT2D eigenvalue weighted by atomic mass is 9.85. The largest absolute Gasteiger partial charge is 0.456 e. The Morgan fingerprint density at radius 2 is 1.09 bits per heavy atom. The van der Waals surface area contributed by atoms with Gasteiger partial charge < -0.3 is 4.42 Å². The third-order valence-electron chi connectivity index (χ3n) is 8.45. The maximum absolute atomic E-state index is 9.27. The molecule has 1 heteroatoms. The Morgan fingerprint density at radius 1 is 0.457 bits per heavy atom. The number of furan rings is 1. The summed E-state index contributed by atoms with van der Waals surface area (Å²) in [5.74, 6) is 0. The Hall–Kier alpha value is -5.92. The minimum Gasteiger partial charge on any atom is -0.456 e. The van der Waals surface area contributed by atoms with Crippen LogP contribution in [-0.4, -0.2) is 0 Å². The van der Waals surface area contributed by atoms with Crippen LogP contribution in [-0.2, 0) is 6.42 Å². The first-order chi connectivity index (χ1) is 28.2. The lowest BCUT2D eigenvalue weighted by Gasteiger charge is -2.18. The van der Waals surface area contributed by atoms with Gasteiger partial charge in [-0.15, -0.1) is 0 Å². The average molecular weight is 600 g/mol. The Kier molecular flexibility index (Phi) is 3.89. The zero-order valence-corrected chi connectivity index (χ0v) is 24.3. The van der Waals surface area contributed by atoms with Crippen LogP contribution in [0.5, 0.6) is 0 Å². The van der Waals surface area contributed by atoms with E-state index in [9.17, 15) is 5.48 Å². The molecule has 216 valence electrons. The van der Waals surface area contributed by atoms with Crippen molar-refractivity contribution in [3.8, 4) is 33.4 Å². The predicted octanol–water partition coefficient (Wildman–Crippen LogP) is 12.5. The van der Waals surface area contributed by atoms with E-state index in [0.29, 0.717) is 16.7 Å². The summed E-state index contributed by atoms with van der Waals surface area (Å²) >= 11 is 0. The van der Waals surface area contributed by atoms with Gasteiger partial charge in [-0.25, -0.2) is 0 Å². The molecule has 0 spiro atoms. The topological polar surface area (TPSA) is 13.1 Å². The molecule has 0 atom stereocenters. The van der Waals surface area contributed by atoms with Crippen molar-refractivity contribution in [1.82, 2.24) is 0 Å². The van der Waals surface area contributed by atoms with E-state index in [2.05, 4.69) is 0 Å². The molecule has 1 heterocycles. The van der Waals surface area contributed by atoms with Crippen molar-refractivity contribution in [1.29, 1.82) is 0 Å². The highest BCUT2D eigenvalue weighted by molar-refractivity contribution is 6.16. The fraction of sp³-hybridized carbons (Fsp3) is 0.0222. The molecule has 0 N–H and O–H groups in total. The van der Waals surface area contributed by atoms with E-state index in [0.717, 1.165) is 33.0 Å². The van der Waals surface area contributed by atoms with Crippen molar-refractivity contribution in [2.24, 2.45) is 0 Å². The molecule has 0 amide bonds. The summed E-state index contributed by atoms with van der Waals surface area (Å²) in [6.45, 7) is 0. The van der Waals surface area contributed by atoms with Crippen LogP contribution < -0.4 is 0 Å². The second kappa shape index (κ2) is 10.9. The first-order valence-corrected chi connectivity index (χ1v) is 14.8. The molecule has 0 aliphatic rings. The summed E-state index contributed by atoms with van der Waals surface area (Å²) < 4.78 is 120. The van der Waals surface area contributed by atoms with Crippen LogP contribution >= 0.6 is 0 Å². The summed E-state index contributed by atoms with van der Waals surface area (Å²) in [5.41, 5.74) is 5.27. The lowest BCUT2D eigenvalue weighted by Crippen LogP contribution is -1.95. The first kappa shape index (κ1) is 16.4. The molecule has 0 aliphatic heterocycles. The van der Waals surface area contributed by atoms with Gasteiger partial charge in [-0.1, -0.05) is 145 Å². The Bertz CT molecular complexity index is 3170. The molecule has 0 radical (unpaired) electrons. The van der Waals surface area contributed by atoms with E-state index in [1.165, 1.54) is 0 Å². The molecule has 9 aromatic rings. The highest BCUT2D eigenvalue weighted by Crippen LogP contribution is 2.42. The van der Waals surface area contributed by atoms with Crippen LogP contribution in [0.3, 0.4) is 0 Å². The third-order valence-corrected chi connectivity index (χ3v) is 8.45. The summed E-state index contributed by atoms with van der Waals surface area (Å²) in [5, 5.41) is 1.58. The van der Waals surface area contributed by atoms with Crippen LogP contribution in [0.15, 0.2) is 174 Å². The van der Waals surface area contributed by atoms with Crippen molar-refractivity contribution in [2.75, 3.05) is 0 Å². The van der Waals surface area contributed by atoms with Crippen molar-refractivity contribution >= 4 is 43.5 Å². The summed E-state index contributed by atoms with van der Waals surface area (Å²) in [7, 11) is 0. The summed E-state index contributed by atoms with van der Waals surface area (Å²) in [4.78, 5) is 0. The van der Waals surface area contributed by atoms with Gasteiger partial charge in [-0.2, -0.15) is 0 Å². The molecule has 0 unspecified atom stereocenters. The molecule has 0 aliphatic carbocycles. The average Bonchev–Trinajstić information content (AvgIpc) is 3.64. The Morgan fingerprint density at radius 3 is 1.85 bits per heavy atom. The molecular weight excluding hydrogens is 556 g/mol. The van der Waals surface area contributed by atoms with E-state index in [1.807, 2.05) is 78.9 Å². The molecule has 9 rings (SSSR count). The molecular formula is C45H30O. The number of hydrogen-bond acceptors (Lipinski definition) is 1. The molecule has 0 saturated carbocycles. The smallest absolute Gasteiger partial charge is 0.136 e. The monoisotopic (exact) mass is 599 g/mol. The molecule has 1 aromatic heterocycles. The lowest BCUT2D eigenvalue weighted by molar-refractivity contribution is 0.669. The molecule has 0 fully saturated rings. The van der Waals surface area contributed by atoms with E-state index < -0.39 is 85.0 Å². The molecule has 1 nitrogen and oxygen atoms in total. The van der Waals surface area contributed by atoms with Crippen LogP contribution in [0.2, 0.25) is 0 Å². The minimum atomic E-state index is -0.616. The van der Waals surface area contributed by atoms with Gasteiger partial charge in [0, 0.05) is 10.8 Å². The second-order valence-electron chi connectivity index (χ2n) is 11.1. The van der Waals surface area contributed by atoms with Crippen LogP contribution in [0.25, 0.3) is 76.9 Å². The maximum atomic E-state index is 9.27. The fourth-order valence-electron chi connectivity index (χ4n) is 6.43. The number of rotatable bonds is 5. The van der Waals surface area contributed by atoms with Crippen molar-refractivity contribution in [3.63, 3.8) is 0 Å². The van der Waals surface area contributed by atoms with E-state index >= 15 is 0 Å². The molecule has 0 saturated heterocycles. The zero-order chi connectivity index (χ0) is 41.8. The van der Waals surface area contributed by atoms with Crippen molar-refractivity contribution < 1.29 is 22.2 Å². The fourth-order valence-corrected chi connectivity index (χ4v) is 6.43. The third kappa shape index (κ3) is 4.40. The van der Waals surface area contributed by atoms with E-state index in [4.69, 9.17) is 16.8 Å². The van der Waals surface area contributed by atoms with Gasteiger partial charge >= 0.3 is 0 Å². The van der Waals surface area contributed by atoms with E-state index in [1.54, 1.807) is 12.1 Å². The quantitative estimate of drug-likeness (QED) is 0.179. The van der Waals surface area contributed by atoms with Gasteiger partial charge in [-0.3, -0.25) is 0 Å². The van der Waals surface area contributed by atoms with Crippen LogP contribution in [0.1, 0.15) is 28.9 Å². The Labute approximate surface area is 286 Å². The van der Waals surface area contributed by atoms with Gasteiger partial charge in [0.25, 0.3) is 0 Å². The van der Waals surface area contributed by atoms with Gasteiger partial charge in [-0.05, 0) is 96.7 Å². The first-order valence-electron chi connectivity index (χ1n) is 21.3. The molecule has 8 aromatic carbocycles. The number of benzene rings is 8. The minimum absolute atomic E-state index is 0.0149. The van der Waals surface area contributed by atoms with Gasteiger partial charge in [0.1, 0.15) is 11.2 Å². The maximum Gasteiger partial charge on any atom is 0.136 e. The highest BCUT2D eigenvalue weighted by atomic mass is 16.3. The van der Waals surface area contributed by atoms with Crippen LogP contribution in [0, 0.1) is 0 Å². The van der Waals surface area contributed by atoms with E-state index in [-0.39, 0.29) is 38.2 Å². The Balaban J connectivity index is 1.37. The number of fused-ring (bicyclic) bond motifs is 5. The predicted molar refractivity (Wildman–Crippen MR) is 194 cm³/mol. The van der Waals surface area contributed by atoms with Gasteiger partial charge in [0.05, 0.1) is 17.8 Å². The molecule has 0 bridgehead atoms.